The van der Waals surface area contributed by atoms with Crippen molar-refractivity contribution in [3.63, 3.8) is 0 Å². The molecule has 0 bridgehead atoms. The number of hydrogen-bond acceptors (Lipinski definition) is 5. The van der Waals surface area contributed by atoms with Crippen molar-refractivity contribution in [1.82, 2.24) is 4.40 Å². The van der Waals surface area contributed by atoms with E-state index < -0.39 is 6.29 Å². The third kappa shape index (κ3) is 4.07. The summed E-state index contributed by atoms with van der Waals surface area (Å²) in [6.07, 6.45) is 4.90. The van der Waals surface area contributed by atoms with Gasteiger partial charge in [0.15, 0.2) is 6.29 Å². The zero-order chi connectivity index (χ0) is 22.4. The molecule has 2 fully saturated rings. The van der Waals surface area contributed by atoms with Crippen LogP contribution in [0.15, 0.2) is 18.3 Å². The van der Waals surface area contributed by atoms with Gasteiger partial charge in [-0.05, 0) is 52.2 Å². The number of pyridine rings is 1. The first-order valence-corrected chi connectivity index (χ1v) is 11.4. The molecule has 31 heavy (non-hydrogen) atoms. The number of nitrogens with zero attached hydrogens (tertiary/aromatic N) is 2. The van der Waals surface area contributed by atoms with Crippen molar-refractivity contribution in [3.8, 4) is 6.07 Å². The summed E-state index contributed by atoms with van der Waals surface area (Å²) in [5, 5.41) is 13.4. The summed E-state index contributed by atoms with van der Waals surface area (Å²) in [7, 11) is 0. The fourth-order valence-electron chi connectivity index (χ4n) is 4.37. The van der Waals surface area contributed by atoms with Crippen molar-refractivity contribution >= 4 is 11.3 Å². The Balaban J connectivity index is 1.69. The first kappa shape index (κ1) is 22.1. The minimum atomic E-state index is -0.422. The van der Waals surface area contributed by atoms with Gasteiger partial charge in [-0.3, -0.25) is 0 Å². The van der Waals surface area contributed by atoms with Crippen LogP contribution < -0.4 is 5.32 Å². The molecule has 6 heteroatoms. The zero-order valence-corrected chi connectivity index (χ0v) is 19.6. The molecule has 3 unspecified atom stereocenters. The van der Waals surface area contributed by atoms with Crippen LogP contribution in [0.25, 0.3) is 5.52 Å². The largest absolute Gasteiger partial charge is 0.378 e. The van der Waals surface area contributed by atoms with Crippen LogP contribution in [0.3, 0.4) is 0 Å². The lowest BCUT2D eigenvalue weighted by molar-refractivity contribution is -0.300. The van der Waals surface area contributed by atoms with E-state index in [-0.39, 0.29) is 17.1 Å². The normalized spacial score (nSPS) is 27.7. The molecule has 1 N–H and O–H groups in total. The highest BCUT2D eigenvalue weighted by Crippen LogP contribution is 2.44. The van der Waals surface area contributed by atoms with Crippen LogP contribution in [0.4, 0.5) is 5.82 Å². The molecule has 168 valence electrons. The van der Waals surface area contributed by atoms with Crippen LogP contribution in [-0.4, -0.2) is 35.4 Å². The van der Waals surface area contributed by atoms with Gasteiger partial charge in [0.1, 0.15) is 5.82 Å². The van der Waals surface area contributed by atoms with E-state index in [1.165, 1.54) is 0 Å². The van der Waals surface area contributed by atoms with Crippen molar-refractivity contribution in [2.24, 2.45) is 5.41 Å². The Morgan fingerprint density at radius 2 is 2.00 bits per heavy atom. The van der Waals surface area contributed by atoms with Crippen molar-refractivity contribution in [1.29, 1.82) is 5.26 Å². The molecule has 2 aliphatic heterocycles. The van der Waals surface area contributed by atoms with Crippen LogP contribution in [0.2, 0.25) is 0 Å². The molecule has 2 aromatic heterocycles. The second-order valence-electron chi connectivity index (χ2n) is 10.1. The van der Waals surface area contributed by atoms with Crippen LogP contribution in [0, 0.1) is 23.7 Å². The van der Waals surface area contributed by atoms with Crippen molar-refractivity contribution in [2.45, 2.75) is 84.8 Å². The first-order valence-electron chi connectivity index (χ1n) is 11.4. The summed E-state index contributed by atoms with van der Waals surface area (Å²) in [4.78, 5) is 0. The Labute approximate surface area is 185 Å². The Bertz CT molecular complexity index is 1000. The van der Waals surface area contributed by atoms with E-state index in [9.17, 15) is 5.26 Å². The van der Waals surface area contributed by atoms with E-state index in [0.29, 0.717) is 18.2 Å². The zero-order valence-electron chi connectivity index (χ0n) is 19.6. The molecular formula is C25H35N3O3. The van der Waals surface area contributed by atoms with Crippen molar-refractivity contribution < 1.29 is 14.2 Å². The predicted molar refractivity (Wildman–Crippen MR) is 121 cm³/mol. The average molecular weight is 426 g/mol. The predicted octanol–water partition coefficient (Wildman–Crippen LogP) is 5.34. The lowest BCUT2D eigenvalue weighted by Gasteiger charge is -2.47. The molecule has 0 radical (unpaired) electrons. The van der Waals surface area contributed by atoms with Gasteiger partial charge in [0.05, 0.1) is 29.9 Å². The van der Waals surface area contributed by atoms with Gasteiger partial charge in [-0.1, -0.05) is 20.8 Å². The number of hydrogen-bond donors (Lipinski definition) is 1. The monoisotopic (exact) mass is 425 g/mol. The third-order valence-corrected chi connectivity index (χ3v) is 7.35. The summed E-state index contributed by atoms with van der Waals surface area (Å²) in [6, 6.07) is 6.70. The molecule has 0 aliphatic carbocycles. The SMILES string of the molecule is CCC1CC(Nc2c(C)c(C#N)cc3cc(C4OCC(C)(C)C(C)(C)O4)cn23)CCO1. The lowest BCUT2D eigenvalue weighted by atomic mass is 9.77. The van der Waals surface area contributed by atoms with E-state index in [2.05, 4.69) is 62.7 Å². The molecule has 0 aromatic carbocycles. The Kier molecular flexibility index (Phi) is 5.80. The minimum absolute atomic E-state index is 0.0706. The number of fused-ring (bicyclic) bond motifs is 1. The fourth-order valence-corrected chi connectivity index (χ4v) is 4.37. The number of nitrogens with one attached hydrogen (secondary N) is 1. The second-order valence-corrected chi connectivity index (χ2v) is 10.1. The lowest BCUT2D eigenvalue weighted by Crippen LogP contribution is -2.50. The molecule has 4 heterocycles. The van der Waals surface area contributed by atoms with Gasteiger partial charge in [-0.25, -0.2) is 0 Å². The first-order chi connectivity index (χ1) is 14.6. The van der Waals surface area contributed by atoms with Crippen molar-refractivity contribution in [3.05, 3.63) is 35.0 Å². The smallest absolute Gasteiger partial charge is 0.185 e. The maximum Gasteiger partial charge on any atom is 0.185 e. The van der Waals surface area contributed by atoms with Crippen LogP contribution in [-0.2, 0) is 14.2 Å². The summed E-state index contributed by atoms with van der Waals surface area (Å²) in [5.41, 5.74) is 3.21. The third-order valence-electron chi connectivity index (χ3n) is 7.35. The molecule has 0 spiro atoms. The van der Waals surface area contributed by atoms with Crippen LogP contribution in [0.5, 0.6) is 0 Å². The molecule has 0 saturated carbocycles. The molecule has 6 nitrogen and oxygen atoms in total. The fraction of sp³-hybridized carbons (Fsp3) is 0.640. The second kappa shape index (κ2) is 8.12. The summed E-state index contributed by atoms with van der Waals surface area (Å²) in [5.74, 6) is 0.970. The van der Waals surface area contributed by atoms with Gasteiger partial charge in [0, 0.05) is 40.9 Å². The summed E-state index contributed by atoms with van der Waals surface area (Å²) in [6.45, 7) is 14.2. The molecule has 0 amide bonds. The topological polar surface area (TPSA) is 67.9 Å². The molecule has 2 aromatic rings. The molecular weight excluding hydrogens is 390 g/mol. The Hall–Kier alpha value is -2.07. The van der Waals surface area contributed by atoms with Gasteiger partial charge in [-0.2, -0.15) is 5.26 Å². The van der Waals surface area contributed by atoms with Crippen LogP contribution in [0.1, 0.15) is 76.9 Å². The maximum absolute atomic E-state index is 9.71. The Morgan fingerprint density at radius 3 is 2.68 bits per heavy atom. The van der Waals surface area contributed by atoms with Crippen molar-refractivity contribution in [2.75, 3.05) is 18.5 Å². The maximum atomic E-state index is 9.71. The quantitative estimate of drug-likeness (QED) is 0.716. The highest BCUT2D eigenvalue weighted by atomic mass is 16.7. The summed E-state index contributed by atoms with van der Waals surface area (Å²) >= 11 is 0. The molecule has 4 rings (SSSR count). The minimum Gasteiger partial charge on any atom is -0.378 e. The number of anilines is 1. The van der Waals surface area contributed by atoms with Gasteiger partial charge < -0.3 is 23.9 Å². The van der Waals surface area contributed by atoms with Gasteiger partial charge in [0.25, 0.3) is 0 Å². The number of nitriles is 1. The number of aromatic nitrogens is 1. The van der Waals surface area contributed by atoms with Gasteiger partial charge in [-0.15, -0.1) is 0 Å². The molecule has 3 atom stereocenters. The van der Waals surface area contributed by atoms with Crippen LogP contribution >= 0.6 is 0 Å². The van der Waals surface area contributed by atoms with E-state index in [1.807, 2.05) is 13.0 Å². The standard InChI is InChI=1S/C25H35N3O3/c1-7-21-12-19(8-9-29-21)27-22-16(2)17(13-26)10-20-11-18(14-28(20)22)23-30-15-24(3,4)25(5,6)31-23/h10-11,14,19,21,23,27H,7-9,12,15H2,1-6H3. The number of rotatable bonds is 4. The van der Waals surface area contributed by atoms with Gasteiger partial charge >= 0.3 is 0 Å². The van der Waals surface area contributed by atoms with E-state index in [1.54, 1.807) is 0 Å². The molecule has 2 aliphatic rings. The highest BCUT2D eigenvalue weighted by Gasteiger charge is 2.45. The average Bonchev–Trinajstić information content (AvgIpc) is 3.16. The number of ether oxygens (including phenoxy) is 3. The van der Waals surface area contributed by atoms with E-state index in [4.69, 9.17) is 14.2 Å². The van der Waals surface area contributed by atoms with E-state index in [0.717, 1.165) is 48.3 Å². The van der Waals surface area contributed by atoms with E-state index >= 15 is 0 Å². The van der Waals surface area contributed by atoms with Gasteiger partial charge in [0.2, 0.25) is 0 Å². The Morgan fingerprint density at radius 1 is 1.23 bits per heavy atom. The molecule has 2 saturated heterocycles. The highest BCUT2D eigenvalue weighted by molar-refractivity contribution is 5.66. The summed E-state index contributed by atoms with van der Waals surface area (Å²) < 4.78 is 20.5.